The van der Waals surface area contributed by atoms with Crippen molar-refractivity contribution in [2.45, 2.75) is 44.6 Å². The molecule has 21 heavy (non-hydrogen) atoms. The predicted octanol–water partition coefficient (Wildman–Crippen LogP) is 2.92. The van der Waals surface area contributed by atoms with E-state index in [1.165, 1.54) is 24.1 Å². The van der Waals surface area contributed by atoms with Crippen molar-refractivity contribution in [3.63, 3.8) is 0 Å². The minimum Gasteiger partial charge on any atom is -0.348 e. The minimum absolute atomic E-state index is 0.0392. The Morgan fingerprint density at radius 2 is 2.10 bits per heavy atom. The summed E-state index contributed by atoms with van der Waals surface area (Å²) in [6.45, 7) is 0. The second-order valence-corrected chi connectivity index (χ2v) is 9.08. The van der Waals surface area contributed by atoms with E-state index in [0.717, 1.165) is 19.1 Å². The molecule has 1 unspecified atom stereocenters. The molecule has 0 spiro atoms. The van der Waals surface area contributed by atoms with E-state index in [4.69, 9.17) is 0 Å². The number of carbonyl (C=O) groups is 1. The molecule has 1 atom stereocenters. The summed E-state index contributed by atoms with van der Waals surface area (Å²) in [7, 11) is -3.09. The topological polar surface area (TPSA) is 63.2 Å². The Morgan fingerprint density at radius 3 is 2.67 bits per heavy atom. The van der Waals surface area contributed by atoms with Gasteiger partial charge in [0.25, 0.3) is 0 Å². The Morgan fingerprint density at radius 1 is 1.38 bits per heavy atom. The largest absolute Gasteiger partial charge is 0.348 e. The second-order valence-electron chi connectivity index (χ2n) is 5.84. The third-order valence-corrected chi connectivity index (χ3v) is 5.89. The Labute approximate surface area is 130 Å². The Balaban J connectivity index is 2.00. The summed E-state index contributed by atoms with van der Waals surface area (Å²) < 4.78 is 22.3. The molecule has 1 heterocycles. The van der Waals surface area contributed by atoms with Gasteiger partial charge in [0.1, 0.15) is 9.84 Å². The number of hydrogen-bond acceptors (Lipinski definition) is 4. The van der Waals surface area contributed by atoms with Crippen LogP contribution in [0.15, 0.2) is 17.5 Å². The second kappa shape index (κ2) is 7.40. The zero-order valence-electron chi connectivity index (χ0n) is 12.4. The molecule has 1 aromatic heterocycles. The van der Waals surface area contributed by atoms with Crippen LogP contribution in [0.5, 0.6) is 0 Å². The van der Waals surface area contributed by atoms with Gasteiger partial charge < -0.3 is 5.32 Å². The Kier molecular flexibility index (Phi) is 5.81. The Bertz CT molecular complexity index is 545. The van der Waals surface area contributed by atoms with Crippen LogP contribution >= 0.6 is 11.3 Å². The highest BCUT2D eigenvalue weighted by Crippen LogP contribution is 2.36. The van der Waals surface area contributed by atoms with Crippen LogP contribution in [-0.4, -0.2) is 26.3 Å². The molecular formula is C15H23NO3S2. The van der Waals surface area contributed by atoms with Crippen molar-refractivity contribution in [3.05, 3.63) is 22.4 Å². The van der Waals surface area contributed by atoms with Gasteiger partial charge in [0.05, 0.1) is 11.8 Å². The molecular weight excluding hydrogens is 306 g/mol. The highest BCUT2D eigenvalue weighted by molar-refractivity contribution is 7.90. The van der Waals surface area contributed by atoms with Crippen LogP contribution in [0, 0.1) is 5.92 Å². The van der Waals surface area contributed by atoms with Gasteiger partial charge in [-0.1, -0.05) is 25.3 Å². The molecule has 6 heteroatoms. The normalized spacial score (nSPS) is 18.3. The summed E-state index contributed by atoms with van der Waals surface area (Å²) in [5.41, 5.74) is 0. The number of nitrogens with one attached hydrogen (secondary N) is 1. The molecule has 1 aromatic rings. The molecule has 1 amide bonds. The van der Waals surface area contributed by atoms with Crippen LogP contribution in [0.2, 0.25) is 0 Å². The van der Waals surface area contributed by atoms with E-state index in [2.05, 4.69) is 11.4 Å². The lowest BCUT2D eigenvalue weighted by Gasteiger charge is -2.30. The highest BCUT2D eigenvalue weighted by Gasteiger charge is 2.27. The summed E-state index contributed by atoms with van der Waals surface area (Å²) in [6.07, 6.45) is 7.18. The third kappa shape index (κ3) is 5.43. The molecule has 0 radical (unpaired) electrons. The lowest BCUT2D eigenvalue weighted by Crippen LogP contribution is -2.34. The zero-order valence-corrected chi connectivity index (χ0v) is 14.0. The van der Waals surface area contributed by atoms with E-state index in [-0.39, 0.29) is 24.1 Å². The highest BCUT2D eigenvalue weighted by atomic mass is 32.2. The standard InChI is InChI=1S/C15H23NO3S2/c1-21(18,19)11-9-14(17)16-15(13-8-5-10-20-13)12-6-3-2-4-7-12/h5,8,10,12,15H,2-4,6-7,9,11H2,1H3,(H,16,17). The van der Waals surface area contributed by atoms with Crippen LogP contribution in [0.3, 0.4) is 0 Å². The fourth-order valence-electron chi connectivity index (χ4n) is 2.88. The van der Waals surface area contributed by atoms with Gasteiger partial charge in [-0.2, -0.15) is 0 Å². The smallest absolute Gasteiger partial charge is 0.221 e. The quantitative estimate of drug-likeness (QED) is 0.873. The number of sulfone groups is 1. The zero-order chi connectivity index (χ0) is 15.3. The molecule has 0 aromatic carbocycles. The van der Waals surface area contributed by atoms with Gasteiger partial charge in [-0.3, -0.25) is 4.79 Å². The maximum Gasteiger partial charge on any atom is 0.221 e. The van der Waals surface area contributed by atoms with E-state index >= 15 is 0 Å². The van der Waals surface area contributed by atoms with Gasteiger partial charge in [-0.15, -0.1) is 11.3 Å². The maximum absolute atomic E-state index is 12.1. The molecule has 1 saturated carbocycles. The van der Waals surface area contributed by atoms with Crippen molar-refractivity contribution in [1.82, 2.24) is 5.32 Å². The molecule has 0 saturated heterocycles. The molecule has 0 aliphatic heterocycles. The van der Waals surface area contributed by atoms with Gasteiger partial charge in [0.15, 0.2) is 0 Å². The molecule has 1 fully saturated rings. The average Bonchev–Trinajstić information content (AvgIpc) is 2.96. The number of rotatable bonds is 6. The molecule has 118 valence electrons. The van der Waals surface area contributed by atoms with Gasteiger partial charge >= 0.3 is 0 Å². The maximum atomic E-state index is 12.1. The van der Waals surface area contributed by atoms with Crippen LogP contribution in [0.1, 0.15) is 49.4 Å². The molecule has 0 bridgehead atoms. The average molecular weight is 329 g/mol. The number of hydrogen-bond donors (Lipinski definition) is 1. The van der Waals surface area contributed by atoms with Gasteiger partial charge in [-0.25, -0.2) is 8.42 Å². The summed E-state index contributed by atoms with van der Waals surface area (Å²) >= 11 is 1.66. The van der Waals surface area contributed by atoms with E-state index in [1.807, 2.05) is 11.4 Å². The first-order valence-electron chi connectivity index (χ1n) is 7.46. The summed E-state index contributed by atoms with van der Waals surface area (Å²) in [4.78, 5) is 13.2. The van der Waals surface area contributed by atoms with E-state index in [0.29, 0.717) is 5.92 Å². The molecule has 1 aliphatic rings. The summed E-state index contributed by atoms with van der Waals surface area (Å²) in [6, 6.07) is 4.09. The molecule has 2 rings (SSSR count). The van der Waals surface area contributed by atoms with Gasteiger partial charge in [-0.05, 0) is 30.2 Å². The first-order chi connectivity index (χ1) is 9.96. The monoisotopic (exact) mass is 329 g/mol. The van der Waals surface area contributed by atoms with Crippen molar-refractivity contribution in [2.24, 2.45) is 5.92 Å². The van der Waals surface area contributed by atoms with E-state index in [9.17, 15) is 13.2 Å². The SMILES string of the molecule is CS(=O)(=O)CCC(=O)NC(c1cccs1)C1CCCCC1. The number of amides is 1. The first kappa shape index (κ1) is 16.5. The lowest BCUT2D eigenvalue weighted by molar-refractivity contribution is -0.121. The van der Waals surface area contributed by atoms with Crippen LogP contribution in [-0.2, 0) is 14.6 Å². The van der Waals surface area contributed by atoms with Crippen LogP contribution in [0.25, 0.3) is 0 Å². The molecule has 1 N–H and O–H groups in total. The van der Waals surface area contributed by atoms with Crippen molar-refractivity contribution in [1.29, 1.82) is 0 Å². The summed E-state index contributed by atoms with van der Waals surface area (Å²) in [5.74, 6) is 0.227. The van der Waals surface area contributed by atoms with Crippen molar-refractivity contribution in [2.75, 3.05) is 12.0 Å². The van der Waals surface area contributed by atoms with Crippen molar-refractivity contribution in [3.8, 4) is 0 Å². The molecule has 1 aliphatic carbocycles. The van der Waals surface area contributed by atoms with Crippen LogP contribution < -0.4 is 5.32 Å². The lowest BCUT2D eigenvalue weighted by atomic mass is 9.83. The fraction of sp³-hybridized carbons (Fsp3) is 0.667. The van der Waals surface area contributed by atoms with Crippen molar-refractivity contribution < 1.29 is 13.2 Å². The predicted molar refractivity (Wildman–Crippen MR) is 86.1 cm³/mol. The van der Waals surface area contributed by atoms with Gasteiger partial charge in [0.2, 0.25) is 5.91 Å². The van der Waals surface area contributed by atoms with E-state index in [1.54, 1.807) is 11.3 Å². The van der Waals surface area contributed by atoms with Gasteiger partial charge in [0, 0.05) is 17.6 Å². The number of carbonyl (C=O) groups excluding carboxylic acids is 1. The fourth-order valence-corrected chi connectivity index (χ4v) is 4.31. The van der Waals surface area contributed by atoms with Crippen LogP contribution in [0.4, 0.5) is 0 Å². The minimum atomic E-state index is -3.09. The van der Waals surface area contributed by atoms with E-state index < -0.39 is 9.84 Å². The number of thiophene rings is 1. The Hall–Kier alpha value is -0.880. The first-order valence-corrected chi connectivity index (χ1v) is 10.4. The molecule has 4 nitrogen and oxygen atoms in total. The summed E-state index contributed by atoms with van der Waals surface area (Å²) in [5, 5.41) is 5.09. The van der Waals surface area contributed by atoms with Crippen molar-refractivity contribution >= 4 is 27.1 Å². The third-order valence-electron chi connectivity index (χ3n) is 3.99.